The Morgan fingerprint density at radius 2 is 1.50 bits per heavy atom. The van der Waals surface area contributed by atoms with Gasteiger partial charge in [-0.3, -0.25) is 0 Å². The summed E-state index contributed by atoms with van der Waals surface area (Å²) in [4.78, 5) is 0. The van der Waals surface area contributed by atoms with Crippen molar-refractivity contribution in [3.63, 3.8) is 0 Å². The molecule has 0 aliphatic heterocycles. The van der Waals surface area contributed by atoms with E-state index in [1.807, 2.05) is 0 Å². The van der Waals surface area contributed by atoms with Crippen molar-refractivity contribution in [3.8, 4) is 0 Å². The molecule has 6 heteroatoms. The lowest BCUT2D eigenvalue weighted by molar-refractivity contribution is -0.143. The molecule has 18 heavy (non-hydrogen) atoms. The molecular formula is C12H10F6. The first-order valence-corrected chi connectivity index (χ1v) is 4.95. The normalized spacial score (nSPS) is 12.4. The van der Waals surface area contributed by atoms with Crippen molar-refractivity contribution in [2.45, 2.75) is 26.2 Å². The molecule has 0 amide bonds. The zero-order chi connectivity index (χ0) is 14.1. The Kier molecular flexibility index (Phi) is 3.78. The molecule has 1 aromatic carbocycles. The van der Waals surface area contributed by atoms with Gasteiger partial charge in [0, 0.05) is 0 Å². The molecule has 0 saturated carbocycles. The highest BCUT2D eigenvalue weighted by Crippen LogP contribution is 2.37. The molecule has 0 aliphatic rings. The van der Waals surface area contributed by atoms with Crippen LogP contribution in [0, 0.1) is 0 Å². The van der Waals surface area contributed by atoms with Gasteiger partial charge in [-0.2, -0.15) is 26.3 Å². The fraction of sp³-hybridized carbons (Fsp3) is 0.333. The Labute approximate surface area is 99.9 Å². The minimum Gasteiger partial charge on any atom is -0.166 e. The third kappa shape index (κ3) is 3.51. The van der Waals surface area contributed by atoms with Crippen LogP contribution in [0.25, 0.3) is 6.08 Å². The van der Waals surface area contributed by atoms with Crippen LogP contribution in [-0.4, -0.2) is 0 Å². The van der Waals surface area contributed by atoms with E-state index in [0.29, 0.717) is 11.6 Å². The van der Waals surface area contributed by atoms with Crippen LogP contribution in [0.1, 0.15) is 30.5 Å². The molecule has 1 rings (SSSR count). The lowest BCUT2D eigenvalue weighted by atomic mass is 10.0. The quantitative estimate of drug-likeness (QED) is 0.618. The van der Waals surface area contributed by atoms with E-state index in [-0.39, 0.29) is 11.6 Å². The first kappa shape index (κ1) is 14.6. The first-order chi connectivity index (χ1) is 8.01. The van der Waals surface area contributed by atoms with Gasteiger partial charge >= 0.3 is 12.4 Å². The molecule has 0 fully saturated rings. The van der Waals surface area contributed by atoms with Gasteiger partial charge in [0.2, 0.25) is 0 Å². The number of hydrogen-bond donors (Lipinski definition) is 0. The summed E-state index contributed by atoms with van der Waals surface area (Å²) in [6.07, 6.45) is -8.41. The Morgan fingerprint density at radius 3 is 1.89 bits per heavy atom. The van der Waals surface area contributed by atoms with Crippen LogP contribution in [0.4, 0.5) is 26.3 Å². The highest BCUT2D eigenvalue weighted by molar-refractivity contribution is 5.57. The minimum atomic E-state index is -4.82. The van der Waals surface area contributed by atoms with Gasteiger partial charge in [0.1, 0.15) is 0 Å². The highest BCUT2D eigenvalue weighted by atomic mass is 19.4. The van der Waals surface area contributed by atoms with Gasteiger partial charge in [-0.25, -0.2) is 0 Å². The van der Waals surface area contributed by atoms with Gasteiger partial charge in [-0.15, -0.1) is 0 Å². The summed E-state index contributed by atoms with van der Waals surface area (Å²) in [5.41, 5.74) is -2.28. The number of rotatable bonds is 1. The molecule has 0 aliphatic carbocycles. The number of allylic oxidation sites excluding steroid dienone is 1. The van der Waals surface area contributed by atoms with E-state index < -0.39 is 23.5 Å². The van der Waals surface area contributed by atoms with E-state index in [0.717, 1.165) is 6.07 Å². The standard InChI is InChI=1S/C12H10F6/c1-7(2)5-8-3-4-9(11(13,14)15)6-10(8)12(16,17)18/h3-6H,1-2H3. The van der Waals surface area contributed by atoms with Crippen LogP contribution in [0.15, 0.2) is 23.8 Å². The van der Waals surface area contributed by atoms with E-state index in [1.165, 1.54) is 6.08 Å². The molecule has 100 valence electrons. The summed E-state index contributed by atoms with van der Waals surface area (Å²) in [6, 6.07) is 1.61. The zero-order valence-corrected chi connectivity index (χ0v) is 9.58. The van der Waals surface area contributed by atoms with Gasteiger partial charge in [0.15, 0.2) is 0 Å². The van der Waals surface area contributed by atoms with Gasteiger partial charge in [0.05, 0.1) is 11.1 Å². The van der Waals surface area contributed by atoms with E-state index in [1.54, 1.807) is 13.8 Å². The van der Waals surface area contributed by atoms with Crippen molar-refractivity contribution in [3.05, 3.63) is 40.5 Å². The molecule has 0 atom stereocenters. The SMILES string of the molecule is CC(C)=Cc1ccc(C(F)(F)F)cc1C(F)(F)F. The van der Waals surface area contributed by atoms with Crippen molar-refractivity contribution in [1.29, 1.82) is 0 Å². The lowest BCUT2D eigenvalue weighted by Gasteiger charge is -2.14. The second-order valence-corrected chi connectivity index (χ2v) is 4.02. The summed E-state index contributed by atoms with van der Waals surface area (Å²) >= 11 is 0. The average Bonchev–Trinajstić information content (AvgIpc) is 2.13. The molecule has 0 bridgehead atoms. The summed E-state index contributed by atoms with van der Waals surface area (Å²) in [6.45, 7) is 3.13. The largest absolute Gasteiger partial charge is 0.417 e. The predicted octanol–water partition coefficient (Wildman–Crippen LogP) is 5.15. The number of hydrogen-bond acceptors (Lipinski definition) is 0. The second kappa shape index (κ2) is 4.66. The zero-order valence-electron chi connectivity index (χ0n) is 9.58. The van der Waals surface area contributed by atoms with Crippen molar-refractivity contribution in [2.24, 2.45) is 0 Å². The average molecular weight is 268 g/mol. The molecule has 0 radical (unpaired) electrons. The van der Waals surface area contributed by atoms with Crippen molar-refractivity contribution < 1.29 is 26.3 Å². The number of alkyl halides is 6. The maximum absolute atomic E-state index is 12.7. The minimum absolute atomic E-state index is 0.134. The predicted molar refractivity (Wildman–Crippen MR) is 55.8 cm³/mol. The molecule has 0 heterocycles. The molecular weight excluding hydrogens is 258 g/mol. The van der Waals surface area contributed by atoms with Crippen LogP contribution in [-0.2, 0) is 12.4 Å². The summed E-state index contributed by atoms with van der Waals surface area (Å²) in [5, 5.41) is 0. The molecule has 0 aromatic heterocycles. The molecule has 0 spiro atoms. The van der Waals surface area contributed by atoms with Crippen molar-refractivity contribution in [1.82, 2.24) is 0 Å². The Balaban J connectivity index is 3.45. The van der Waals surface area contributed by atoms with E-state index in [2.05, 4.69) is 0 Å². The van der Waals surface area contributed by atoms with Crippen molar-refractivity contribution >= 4 is 6.08 Å². The van der Waals surface area contributed by atoms with Crippen LogP contribution in [0.2, 0.25) is 0 Å². The number of halogens is 6. The van der Waals surface area contributed by atoms with Crippen LogP contribution in [0.5, 0.6) is 0 Å². The topological polar surface area (TPSA) is 0 Å². The Bertz CT molecular complexity index is 460. The van der Waals surface area contributed by atoms with E-state index >= 15 is 0 Å². The number of benzene rings is 1. The van der Waals surface area contributed by atoms with Gasteiger partial charge < -0.3 is 0 Å². The van der Waals surface area contributed by atoms with Gasteiger partial charge in [-0.05, 0) is 31.5 Å². The van der Waals surface area contributed by atoms with Crippen LogP contribution < -0.4 is 0 Å². The third-order valence-corrected chi connectivity index (χ3v) is 2.13. The molecule has 0 unspecified atom stereocenters. The van der Waals surface area contributed by atoms with E-state index in [9.17, 15) is 26.3 Å². The molecule has 0 nitrogen and oxygen atoms in total. The fourth-order valence-electron chi connectivity index (χ4n) is 1.41. The second-order valence-electron chi connectivity index (χ2n) is 4.02. The van der Waals surface area contributed by atoms with Crippen LogP contribution >= 0.6 is 0 Å². The van der Waals surface area contributed by atoms with Gasteiger partial charge in [-0.1, -0.05) is 17.7 Å². The highest BCUT2D eigenvalue weighted by Gasteiger charge is 2.37. The Morgan fingerprint density at radius 1 is 0.944 bits per heavy atom. The van der Waals surface area contributed by atoms with E-state index in [4.69, 9.17) is 0 Å². The summed E-state index contributed by atoms with van der Waals surface area (Å²) in [7, 11) is 0. The lowest BCUT2D eigenvalue weighted by Crippen LogP contribution is -2.12. The first-order valence-electron chi connectivity index (χ1n) is 4.95. The van der Waals surface area contributed by atoms with Crippen LogP contribution in [0.3, 0.4) is 0 Å². The Hall–Kier alpha value is -1.46. The summed E-state index contributed by atoms with van der Waals surface area (Å²) in [5.74, 6) is 0. The summed E-state index contributed by atoms with van der Waals surface area (Å²) < 4.78 is 75.1. The fourth-order valence-corrected chi connectivity index (χ4v) is 1.41. The molecule has 0 saturated heterocycles. The maximum Gasteiger partial charge on any atom is 0.417 e. The monoisotopic (exact) mass is 268 g/mol. The third-order valence-electron chi connectivity index (χ3n) is 2.13. The molecule has 1 aromatic rings. The maximum atomic E-state index is 12.7. The van der Waals surface area contributed by atoms with Crippen molar-refractivity contribution in [2.75, 3.05) is 0 Å². The molecule has 0 N–H and O–H groups in total. The smallest absolute Gasteiger partial charge is 0.166 e. The van der Waals surface area contributed by atoms with Gasteiger partial charge in [0.25, 0.3) is 0 Å².